The molecule has 16 heavy (non-hydrogen) atoms. The van der Waals surface area contributed by atoms with Gasteiger partial charge in [-0.15, -0.1) is 0 Å². The number of hydrogen-bond acceptors (Lipinski definition) is 2. The van der Waals surface area contributed by atoms with Crippen molar-refractivity contribution in [1.82, 2.24) is 5.32 Å². The van der Waals surface area contributed by atoms with Crippen LogP contribution in [0.5, 0.6) is 0 Å². The van der Waals surface area contributed by atoms with Gasteiger partial charge in [-0.05, 0) is 50.1 Å². The number of rotatable bonds is 4. The number of thioether (sulfide) groups is 1. The van der Waals surface area contributed by atoms with Crippen LogP contribution in [0.15, 0.2) is 18.2 Å². The third-order valence-electron chi connectivity index (χ3n) is 3.26. The number of hydrogen-bond donors (Lipinski definition) is 1. The van der Waals surface area contributed by atoms with E-state index >= 15 is 0 Å². The minimum atomic E-state index is 0.760. The Labute approximate surface area is 103 Å². The van der Waals surface area contributed by atoms with Crippen molar-refractivity contribution in [3.05, 3.63) is 34.9 Å². The predicted molar refractivity (Wildman–Crippen MR) is 73.4 cm³/mol. The van der Waals surface area contributed by atoms with E-state index in [2.05, 4.69) is 49.1 Å². The zero-order valence-electron chi connectivity index (χ0n) is 10.3. The van der Waals surface area contributed by atoms with Crippen LogP contribution in [-0.2, 0) is 6.42 Å². The molecule has 0 saturated carbocycles. The molecule has 88 valence electrons. The number of aryl methyl sites for hydroxylation is 2. The lowest BCUT2D eigenvalue weighted by Gasteiger charge is -2.12. The third kappa shape index (κ3) is 3.26. The molecule has 0 aliphatic carbocycles. The number of nitrogens with one attached hydrogen (secondary N) is 1. The molecular weight excluding hydrogens is 214 g/mol. The molecule has 1 heterocycles. The first-order valence-electron chi connectivity index (χ1n) is 6.13. The molecule has 2 rings (SSSR count). The van der Waals surface area contributed by atoms with Crippen LogP contribution in [0.2, 0.25) is 0 Å². The van der Waals surface area contributed by atoms with E-state index in [0.29, 0.717) is 0 Å². The fourth-order valence-corrected chi connectivity index (χ4v) is 3.42. The highest BCUT2D eigenvalue weighted by Crippen LogP contribution is 2.17. The van der Waals surface area contributed by atoms with Gasteiger partial charge in [-0.3, -0.25) is 0 Å². The Morgan fingerprint density at radius 3 is 2.94 bits per heavy atom. The van der Waals surface area contributed by atoms with Crippen molar-refractivity contribution in [1.29, 1.82) is 0 Å². The summed E-state index contributed by atoms with van der Waals surface area (Å²) < 4.78 is 0. The Balaban J connectivity index is 1.80. The van der Waals surface area contributed by atoms with Crippen LogP contribution in [0.3, 0.4) is 0 Å². The maximum atomic E-state index is 3.65. The molecule has 1 fully saturated rings. The van der Waals surface area contributed by atoms with Crippen molar-refractivity contribution < 1.29 is 0 Å². The van der Waals surface area contributed by atoms with E-state index in [9.17, 15) is 0 Å². The Morgan fingerprint density at radius 2 is 2.25 bits per heavy atom. The van der Waals surface area contributed by atoms with Crippen molar-refractivity contribution >= 4 is 11.8 Å². The minimum absolute atomic E-state index is 0.760. The minimum Gasteiger partial charge on any atom is -0.313 e. The smallest absolute Gasteiger partial charge is 0.0166 e. The second kappa shape index (κ2) is 5.74. The largest absolute Gasteiger partial charge is 0.313 e. The Bertz CT molecular complexity index is 343. The summed E-state index contributed by atoms with van der Waals surface area (Å²) in [6.07, 6.45) is 2.50. The number of benzene rings is 1. The molecule has 0 bridgehead atoms. The fraction of sp³-hybridized carbons (Fsp3) is 0.571. The Kier molecular flexibility index (Phi) is 4.30. The second-order valence-electron chi connectivity index (χ2n) is 4.69. The van der Waals surface area contributed by atoms with Gasteiger partial charge in [-0.2, -0.15) is 11.8 Å². The average molecular weight is 235 g/mol. The van der Waals surface area contributed by atoms with E-state index in [0.717, 1.165) is 19.0 Å². The predicted octanol–water partition coefficient (Wildman–Crippen LogP) is 2.94. The van der Waals surface area contributed by atoms with Crippen molar-refractivity contribution in [3.63, 3.8) is 0 Å². The first-order chi connectivity index (χ1) is 7.75. The van der Waals surface area contributed by atoms with Gasteiger partial charge in [0.1, 0.15) is 0 Å². The molecule has 1 aliphatic heterocycles. The maximum absolute atomic E-state index is 3.65. The van der Waals surface area contributed by atoms with Crippen molar-refractivity contribution in [2.24, 2.45) is 0 Å². The summed E-state index contributed by atoms with van der Waals surface area (Å²) in [4.78, 5) is 0. The maximum Gasteiger partial charge on any atom is 0.0166 e. The molecule has 1 aliphatic rings. The van der Waals surface area contributed by atoms with Crippen molar-refractivity contribution in [2.45, 2.75) is 32.7 Å². The van der Waals surface area contributed by atoms with Gasteiger partial charge in [0, 0.05) is 11.8 Å². The molecule has 1 aromatic carbocycles. The molecular formula is C14H21NS. The zero-order valence-corrected chi connectivity index (χ0v) is 11.1. The van der Waals surface area contributed by atoms with Crippen LogP contribution in [-0.4, -0.2) is 24.1 Å². The second-order valence-corrected chi connectivity index (χ2v) is 5.84. The van der Waals surface area contributed by atoms with Crippen LogP contribution in [0.4, 0.5) is 0 Å². The molecule has 1 unspecified atom stereocenters. The van der Waals surface area contributed by atoms with E-state index in [1.807, 2.05) is 0 Å². The molecule has 1 N–H and O–H groups in total. The van der Waals surface area contributed by atoms with Crippen LogP contribution in [0, 0.1) is 13.8 Å². The molecule has 0 aromatic heterocycles. The van der Waals surface area contributed by atoms with Gasteiger partial charge in [0.25, 0.3) is 0 Å². The van der Waals surface area contributed by atoms with Gasteiger partial charge in [0.2, 0.25) is 0 Å². The van der Waals surface area contributed by atoms with Crippen LogP contribution in [0.1, 0.15) is 23.1 Å². The van der Waals surface area contributed by atoms with Gasteiger partial charge < -0.3 is 5.32 Å². The topological polar surface area (TPSA) is 12.0 Å². The van der Waals surface area contributed by atoms with Gasteiger partial charge in [0.15, 0.2) is 0 Å². The fourth-order valence-electron chi connectivity index (χ4n) is 2.23. The molecule has 1 saturated heterocycles. The van der Waals surface area contributed by atoms with Gasteiger partial charge in [0.05, 0.1) is 0 Å². The molecule has 1 atom stereocenters. The lowest BCUT2D eigenvalue weighted by atomic mass is 10.0. The summed E-state index contributed by atoms with van der Waals surface area (Å²) in [6.45, 7) is 5.49. The van der Waals surface area contributed by atoms with Crippen molar-refractivity contribution in [2.75, 3.05) is 18.1 Å². The van der Waals surface area contributed by atoms with E-state index in [1.54, 1.807) is 0 Å². The summed E-state index contributed by atoms with van der Waals surface area (Å²) in [6, 6.07) is 7.53. The molecule has 1 nitrogen and oxygen atoms in total. The molecule has 0 spiro atoms. The first-order valence-corrected chi connectivity index (χ1v) is 7.28. The van der Waals surface area contributed by atoms with Crippen LogP contribution < -0.4 is 5.32 Å². The lowest BCUT2D eigenvalue weighted by Crippen LogP contribution is -2.30. The molecule has 0 radical (unpaired) electrons. The standard InChI is InChI=1S/C14H21NS/c1-11-3-4-13(12(2)9-11)5-7-15-14-6-8-16-10-14/h3-4,9,14-15H,5-8,10H2,1-2H3. The van der Waals surface area contributed by atoms with E-state index in [-0.39, 0.29) is 0 Å². The highest BCUT2D eigenvalue weighted by Gasteiger charge is 2.13. The SMILES string of the molecule is Cc1ccc(CCNC2CCSC2)c(C)c1. The summed E-state index contributed by atoms with van der Waals surface area (Å²) in [5.41, 5.74) is 4.28. The quantitative estimate of drug-likeness (QED) is 0.861. The highest BCUT2D eigenvalue weighted by molar-refractivity contribution is 7.99. The highest BCUT2D eigenvalue weighted by atomic mass is 32.2. The van der Waals surface area contributed by atoms with Gasteiger partial charge in [-0.25, -0.2) is 0 Å². The Hall–Kier alpha value is -0.470. The normalized spacial score (nSPS) is 20.2. The van der Waals surface area contributed by atoms with Gasteiger partial charge >= 0.3 is 0 Å². The van der Waals surface area contributed by atoms with Crippen molar-refractivity contribution in [3.8, 4) is 0 Å². The summed E-state index contributed by atoms with van der Waals surface area (Å²) in [5.74, 6) is 2.63. The summed E-state index contributed by atoms with van der Waals surface area (Å²) >= 11 is 2.07. The van der Waals surface area contributed by atoms with Crippen LogP contribution >= 0.6 is 11.8 Å². The Morgan fingerprint density at radius 1 is 1.38 bits per heavy atom. The monoisotopic (exact) mass is 235 g/mol. The van der Waals surface area contributed by atoms with Crippen LogP contribution in [0.25, 0.3) is 0 Å². The van der Waals surface area contributed by atoms with E-state index in [1.165, 1.54) is 34.6 Å². The average Bonchev–Trinajstić information content (AvgIpc) is 2.74. The third-order valence-corrected chi connectivity index (χ3v) is 4.42. The van der Waals surface area contributed by atoms with E-state index in [4.69, 9.17) is 0 Å². The molecule has 1 aromatic rings. The first kappa shape index (κ1) is 12.0. The summed E-state index contributed by atoms with van der Waals surface area (Å²) in [5, 5.41) is 3.65. The zero-order chi connectivity index (χ0) is 11.4. The van der Waals surface area contributed by atoms with E-state index < -0.39 is 0 Å². The van der Waals surface area contributed by atoms with Gasteiger partial charge in [-0.1, -0.05) is 23.8 Å². The molecule has 2 heteroatoms. The molecule has 0 amide bonds. The lowest BCUT2D eigenvalue weighted by molar-refractivity contribution is 0.560. The summed E-state index contributed by atoms with van der Waals surface area (Å²) in [7, 11) is 0.